The second-order valence-corrected chi connectivity index (χ2v) is 9.65. The van der Waals surface area contributed by atoms with E-state index in [-0.39, 0.29) is 45.8 Å². The van der Waals surface area contributed by atoms with Crippen molar-refractivity contribution in [1.29, 1.82) is 10.8 Å². The SMILES string of the molecule is Cn1c(-c2cc(F)c(C3=CCN(C(=N)N)CC3)cc2F)nnc1-c1cc(F)c(C2=CCN(C(=N)N)CC2)cc1F. The zero-order chi connectivity index (χ0) is 28.7. The predicted molar refractivity (Wildman–Crippen MR) is 144 cm³/mol. The fraction of sp³-hybridized carbons (Fsp3) is 0.259. The maximum absolute atomic E-state index is 15.2. The van der Waals surface area contributed by atoms with Gasteiger partial charge in [-0.05, 0) is 48.3 Å². The number of guanidine groups is 2. The highest BCUT2D eigenvalue weighted by molar-refractivity contribution is 5.79. The van der Waals surface area contributed by atoms with Crippen LogP contribution in [0.15, 0.2) is 36.4 Å². The molecule has 0 fully saturated rings. The second kappa shape index (κ2) is 10.5. The van der Waals surface area contributed by atoms with Crippen LogP contribution in [-0.2, 0) is 7.05 Å². The molecule has 0 bridgehead atoms. The summed E-state index contributed by atoms with van der Waals surface area (Å²) in [6.07, 6.45) is 4.17. The summed E-state index contributed by atoms with van der Waals surface area (Å²) in [5, 5.41) is 22.9. The predicted octanol–water partition coefficient (Wildman–Crippen LogP) is 3.67. The lowest BCUT2D eigenvalue weighted by molar-refractivity contribution is 0.450. The zero-order valence-electron chi connectivity index (χ0n) is 21.6. The van der Waals surface area contributed by atoms with Gasteiger partial charge in [0.1, 0.15) is 23.3 Å². The van der Waals surface area contributed by atoms with Crippen LogP contribution in [0.5, 0.6) is 0 Å². The lowest BCUT2D eigenvalue weighted by Gasteiger charge is -2.26. The summed E-state index contributed by atoms with van der Waals surface area (Å²) in [5.41, 5.74) is 12.0. The maximum atomic E-state index is 15.2. The summed E-state index contributed by atoms with van der Waals surface area (Å²) in [6, 6.07) is 4.18. The third-order valence-corrected chi connectivity index (χ3v) is 7.26. The fourth-order valence-electron chi connectivity index (χ4n) is 4.99. The number of nitrogens with two attached hydrogens (primary N) is 2. The summed E-state index contributed by atoms with van der Waals surface area (Å²) < 4.78 is 62.1. The molecule has 9 nitrogen and oxygen atoms in total. The third kappa shape index (κ3) is 4.90. The van der Waals surface area contributed by atoms with Gasteiger partial charge in [-0.15, -0.1) is 10.2 Å². The molecule has 40 heavy (non-hydrogen) atoms. The first kappa shape index (κ1) is 26.9. The van der Waals surface area contributed by atoms with E-state index >= 15 is 17.6 Å². The van der Waals surface area contributed by atoms with Gasteiger partial charge in [-0.25, -0.2) is 17.6 Å². The smallest absolute Gasteiger partial charge is 0.188 e. The standard InChI is InChI=1S/C27H27F4N9/c1-38-24(18-12-20(28)16(10-22(18)30)14-2-6-39(7-3-14)26(32)33)36-37-25(38)19-13-21(29)17(11-23(19)31)15-4-8-40(9-5-15)27(34)35/h2,4,10-13H,3,5-9H2,1H3,(H3,32,33)(H3,34,35). The van der Waals surface area contributed by atoms with E-state index in [0.29, 0.717) is 50.2 Å². The molecule has 6 N–H and O–H groups in total. The molecule has 0 spiro atoms. The van der Waals surface area contributed by atoms with Gasteiger partial charge in [-0.2, -0.15) is 0 Å². The Hall–Kier alpha value is -4.68. The second-order valence-electron chi connectivity index (χ2n) is 9.65. The molecule has 0 unspecified atom stereocenters. The molecule has 5 rings (SSSR count). The number of halogens is 4. The van der Waals surface area contributed by atoms with E-state index in [1.807, 2.05) is 0 Å². The van der Waals surface area contributed by atoms with E-state index in [0.717, 1.165) is 24.3 Å². The molecule has 2 aromatic carbocycles. The molecule has 0 saturated heterocycles. The van der Waals surface area contributed by atoms with Crippen LogP contribution in [0, 0.1) is 34.1 Å². The number of rotatable bonds is 4. The molecule has 2 aliphatic rings. The van der Waals surface area contributed by atoms with Crippen molar-refractivity contribution >= 4 is 23.1 Å². The van der Waals surface area contributed by atoms with Gasteiger partial charge in [0.05, 0.1) is 11.1 Å². The number of hydrogen-bond donors (Lipinski definition) is 4. The highest BCUT2D eigenvalue weighted by Gasteiger charge is 2.24. The minimum absolute atomic E-state index is 0.0541. The van der Waals surface area contributed by atoms with Crippen molar-refractivity contribution in [3.8, 4) is 22.8 Å². The zero-order valence-corrected chi connectivity index (χ0v) is 21.6. The van der Waals surface area contributed by atoms with Gasteiger partial charge in [-0.1, -0.05) is 12.2 Å². The quantitative estimate of drug-likeness (QED) is 0.221. The number of hydrogen-bond acceptors (Lipinski definition) is 4. The molecule has 0 atom stereocenters. The van der Waals surface area contributed by atoms with Crippen molar-refractivity contribution < 1.29 is 17.6 Å². The van der Waals surface area contributed by atoms with Crippen molar-refractivity contribution in [2.75, 3.05) is 26.2 Å². The number of benzene rings is 2. The summed E-state index contributed by atoms with van der Waals surface area (Å²) >= 11 is 0. The molecule has 3 aromatic rings. The summed E-state index contributed by atoms with van der Waals surface area (Å²) in [4.78, 5) is 3.21. The Labute approximate surface area is 227 Å². The molecule has 0 saturated carbocycles. The minimum atomic E-state index is -0.751. The van der Waals surface area contributed by atoms with Gasteiger partial charge in [0.25, 0.3) is 0 Å². The first-order valence-corrected chi connectivity index (χ1v) is 12.5. The lowest BCUT2D eigenvalue weighted by atomic mass is 9.97. The Kier molecular flexibility index (Phi) is 7.04. The van der Waals surface area contributed by atoms with Gasteiger partial charge >= 0.3 is 0 Å². The van der Waals surface area contributed by atoms with E-state index in [4.69, 9.17) is 22.3 Å². The number of aromatic nitrogens is 3. The molecule has 208 valence electrons. The van der Waals surface area contributed by atoms with Crippen molar-refractivity contribution in [2.24, 2.45) is 18.5 Å². The van der Waals surface area contributed by atoms with Crippen molar-refractivity contribution in [1.82, 2.24) is 24.6 Å². The molecule has 0 radical (unpaired) electrons. The highest BCUT2D eigenvalue weighted by atomic mass is 19.1. The van der Waals surface area contributed by atoms with Crippen LogP contribution in [0.3, 0.4) is 0 Å². The van der Waals surface area contributed by atoms with E-state index in [1.165, 1.54) is 11.6 Å². The van der Waals surface area contributed by atoms with E-state index in [2.05, 4.69) is 10.2 Å². The van der Waals surface area contributed by atoms with Gasteiger partial charge in [-0.3, -0.25) is 10.8 Å². The molecule has 3 heterocycles. The van der Waals surface area contributed by atoms with Crippen molar-refractivity contribution in [3.63, 3.8) is 0 Å². The summed E-state index contributed by atoms with van der Waals surface area (Å²) in [6.45, 7) is 1.45. The minimum Gasteiger partial charge on any atom is -0.370 e. The Morgan fingerprint density at radius 2 is 1.02 bits per heavy atom. The van der Waals surface area contributed by atoms with Crippen molar-refractivity contribution in [3.05, 3.63) is 70.8 Å². The Balaban J connectivity index is 1.44. The molecule has 2 aliphatic heterocycles. The van der Waals surface area contributed by atoms with Crippen LogP contribution in [0.25, 0.3) is 33.9 Å². The normalized spacial score (nSPS) is 15.6. The van der Waals surface area contributed by atoms with Crippen LogP contribution in [-0.4, -0.2) is 62.7 Å². The monoisotopic (exact) mass is 553 g/mol. The average molecular weight is 554 g/mol. The van der Waals surface area contributed by atoms with Crippen LogP contribution in [0.4, 0.5) is 17.6 Å². The van der Waals surface area contributed by atoms with E-state index < -0.39 is 23.3 Å². The maximum Gasteiger partial charge on any atom is 0.188 e. The van der Waals surface area contributed by atoms with Gasteiger partial charge < -0.3 is 25.8 Å². The molecular weight excluding hydrogens is 526 g/mol. The largest absolute Gasteiger partial charge is 0.370 e. The van der Waals surface area contributed by atoms with Gasteiger partial charge in [0.2, 0.25) is 0 Å². The van der Waals surface area contributed by atoms with Crippen LogP contribution < -0.4 is 11.5 Å². The molecule has 0 amide bonds. The Morgan fingerprint density at radius 1 is 0.675 bits per heavy atom. The summed E-state index contributed by atoms with van der Waals surface area (Å²) in [5.74, 6) is -3.13. The average Bonchev–Trinajstić information content (AvgIpc) is 3.31. The first-order valence-electron chi connectivity index (χ1n) is 12.5. The Morgan fingerprint density at radius 3 is 1.35 bits per heavy atom. The highest BCUT2D eigenvalue weighted by Crippen LogP contribution is 2.34. The fourth-order valence-corrected chi connectivity index (χ4v) is 4.99. The Bertz CT molecular complexity index is 1480. The molecular formula is C27H27F4N9. The summed E-state index contributed by atoms with van der Waals surface area (Å²) in [7, 11) is 1.46. The van der Waals surface area contributed by atoms with Gasteiger partial charge in [0, 0.05) is 44.4 Å². The number of nitrogens with zero attached hydrogens (tertiary/aromatic N) is 5. The first-order chi connectivity index (χ1) is 19.0. The van der Waals surface area contributed by atoms with E-state index in [9.17, 15) is 0 Å². The lowest BCUT2D eigenvalue weighted by Crippen LogP contribution is -2.39. The van der Waals surface area contributed by atoms with Gasteiger partial charge in [0.15, 0.2) is 23.6 Å². The third-order valence-electron chi connectivity index (χ3n) is 7.26. The van der Waals surface area contributed by atoms with Crippen LogP contribution in [0.1, 0.15) is 24.0 Å². The molecule has 13 heteroatoms. The number of nitrogens with one attached hydrogen (secondary N) is 2. The topological polar surface area (TPSA) is 137 Å². The van der Waals surface area contributed by atoms with Crippen LogP contribution >= 0.6 is 0 Å². The van der Waals surface area contributed by atoms with Crippen LogP contribution in [0.2, 0.25) is 0 Å². The molecule has 0 aliphatic carbocycles. The van der Waals surface area contributed by atoms with Crippen molar-refractivity contribution in [2.45, 2.75) is 12.8 Å². The molecule has 1 aromatic heterocycles. The van der Waals surface area contributed by atoms with E-state index in [1.54, 1.807) is 22.0 Å².